The normalized spacial score (nSPS) is 16.1. The number of hydrogen-bond acceptors (Lipinski definition) is 5. The molecule has 0 aliphatic carbocycles. The molecule has 0 spiro atoms. The van der Waals surface area contributed by atoms with Gasteiger partial charge >= 0.3 is 6.18 Å². The van der Waals surface area contributed by atoms with Gasteiger partial charge in [-0.25, -0.2) is 4.98 Å². The smallest absolute Gasteiger partial charge is 0.355 e. The van der Waals surface area contributed by atoms with E-state index in [4.69, 9.17) is 0 Å². The van der Waals surface area contributed by atoms with Crippen molar-refractivity contribution in [3.8, 4) is 0 Å². The number of alkyl halides is 3. The Morgan fingerprint density at radius 1 is 1.19 bits per heavy atom. The van der Waals surface area contributed by atoms with Crippen molar-refractivity contribution in [2.75, 3.05) is 18.0 Å². The Labute approximate surface area is 155 Å². The number of rotatable bonds is 4. The van der Waals surface area contributed by atoms with Crippen LogP contribution in [-0.2, 0) is 12.7 Å². The summed E-state index contributed by atoms with van der Waals surface area (Å²) in [6.45, 7) is 5.91. The van der Waals surface area contributed by atoms with Gasteiger partial charge in [0.1, 0.15) is 0 Å². The highest BCUT2D eigenvalue weighted by molar-refractivity contribution is 5.38. The van der Waals surface area contributed by atoms with Crippen LogP contribution in [0.1, 0.15) is 44.0 Å². The van der Waals surface area contributed by atoms with E-state index in [9.17, 15) is 18.0 Å². The Balaban J connectivity index is 1.58. The minimum Gasteiger partial charge on any atom is -0.355 e. The van der Waals surface area contributed by atoms with E-state index in [1.165, 1.54) is 6.07 Å². The average molecular weight is 381 g/mol. The predicted molar refractivity (Wildman–Crippen MR) is 94.6 cm³/mol. The summed E-state index contributed by atoms with van der Waals surface area (Å²) in [5.41, 5.74) is -0.255. The summed E-state index contributed by atoms with van der Waals surface area (Å²) in [5, 5.41) is 6.98. The molecule has 0 aromatic carbocycles. The molecule has 3 heterocycles. The SMILES string of the molecule is CC(C)c1cc(=O)n(CC2CCN(c3ccc(C(F)(F)F)nn3)CC2)cn1. The molecule has 2 aromatic rings. The van der Waals surface area contributed by atoms with Crippen molar-refractivity contribution in [3.05, 3.63) is 46.3 Å². The van der Waals surface area contributed by atoms with Gasteiger partial charge in [0.05, 0.1) is 12.0 Å². The minimum atomic E-state index is -4.48. The van der Waals surface area contributed by atoms with E-state index in [1.54, 1.807) is 17.0 Å². The molecule has 1 aliphatic rings. The maximum Gasteiger partial charge on any atom is 0.435 e. The lowest BCUT2D eigenvalue weighted by molar-refractivity contribution is -0.141. The predicted octanol–water partition coefficient (Wildman–Crippen LogP) is 3.09. The summed E-state index contributed by atoms with van der Waals surface area (Å²) in [7, 11) is 0. The fourth-order valence-electron chi connectivity index (χ4n) is 3.16. The fourth-order valence-corrected chi connectivity index (χ4v) is 3.16. The molecule has 9 heteroatoms. The van der Waals surface area contributed by atoms with Gasteiger partial charge in [-0.1, -0.05) is 13.8 Å². The van der Waals surface area contributed by atoms with Crippen molar-refractivity contribution in [1.82, 2.24) is 19.7 Å². The summed E-state index contributed by atoms with van der Waals surface area (Å²) in [4.78, 5) is 18.5. The molecule has 0 bridgehead atoms. The van der Waals surface area contributed by atoms with Crippen LogP contribution in [0.5, 0.6) is 0 Å². The van der Waals surface area contributed by atoms with Crippen LogP contribution in [0, 0.1) is 5.92 Å². The van der Waals surface area contributed by atoms with Gasteiger partial charge in [-0.15, -0.1) is 10.2 Å². The van der Waals surface area contributed by atoms with Crippen molar-refractivity contribution < 1.29 is 13.2 Å². The van der Waals surface area contributed by atoms with E-state index in [0.717, 1.165) is 24.6 Å². The third kappa shape index (κ3) is 4.64. The highest BCUT2D eigenvalue weighted by Crippen LogP contribution is 2.28. The van der Waals surface area contributed by atoms with E-state index < -0.39 is 11.9 Å². The largest absolute Gasteiger partial charge is 0.435 e. The summed E-state index contributed by atoms with van der Waals surface area (Å²) < 4.78 is 39.3. The van der Waals surface area contributed by atoms with Crippen molar-refractivity contribution in [1.29, 1.82) is 0 Å². The quantitative estimate of drug-likeness (QED) is 0.814. The first-order chi connectivity index (χ1) is 12.7. The molecule has 1 aliphatic heterocycles. The second kappa shape index (κ2) is 7.66. The summed E-state index contributed by atoms with van der Waals surface area (Å²) in [6, 6.07) is 3.89. The molecule has 2 aromatic heterocycles. The topological polar surface area (TPSA) is 63.9 Å². The molecule has 0 amide bonds. The van der Waals surface area contributed by atoms with Crippen molar-refractivity contribution >= 4 is 5.82 Å². The zero-order chi connectivity index (χ0) is 19.6. The average Bonchev–Trinajstić information content (AvgIpc) is 2.63. The molecule has 6 nitrogen and oxygen atoms in total. The zero-order valence-corrected chi connectivity index (χ0v) is 15.3. The zero-order valence-electron chi connectivity index (χ0n) is 15.3. The number of hydrogen-bond donors (Lipinski definition) is 0. The fraction of sp³-hybridized carbons (Fsp3) is 0.556. The molecule has 1 saturated heterocycles. The molecule has 0 saturated carbocycles. The summed E-state index contributed by atoms with van der Waals surface area (Å²) in [5.74, 6) is 0.968. The Morgan fingerprint density at radius 3 is 2.41 bits per heavy atom. The number of nitrogens with zero attached hydrogens (tertiary/aromatic N) is 5. The minimum absolute atomic E-state index is 0.0512. The van der Waals surface area contributed by atoms with Gasteiger partial charge in [0.15, 0.2) is 11.5 Å². The molecule has 0 unspecified atom stereocenters. The van der Waals surface area contributed by atoms with Gasteiger partial charge < -0.3 is 4.90 Å². The van der Waals surface area contributed by atoms with Crippen LogP contribution in [0.25, 0.3) is 0 Å². The van der Waals surface area contributed by atoms with Crippen molar-refractivity contribution in [2.24, 2.45) is 5.92 Å². The molecule has 0 radical (unpaired) electrons. The first-order valence-electron chi connectivity index (χ1n) is 8.96. The number of piperidine rings is 1. The van der Waals surface area contributed by atoms with Crippen LogP contribution >= 0.6 is 0 Å². The first kappa shape index (κ1) is 19.3. The van der Waals surface area contributed by atoms with Crippen LogP contribution in [0.15, 0.2) is 29.3 Å². The van der Waals surface area contributed by atoms with Crippen LogP contribution in [0.3, 0.4) is 0 Å². The monoisotopic (exact) mass is 381 g/mol. The number of aromatic nitrogens is 4. The van der Waals surface area contributed by atoms with Crippen molar-refractivity contribution in [2.45, 2.75) is 45.3 Å². The molecular formula is C18H22F3N5O. The maximum atomic E-state index is 12.6. The second-order valence-electron chi connectivity index (χ2n) is 7.16. The van der Waals surface area contributed by atoms with Gasteiger partial charge in [0.25, 0.3) is 5.56 Å². The molecule has 1 fully saturated rings. The van der Waals surface area contributed by atoms with Gasteiger partial charge in [-0.2, -0.15) is 13.2 Å². The summed E-state index contributed by atoms with van der Waals surface area (Å²) in [6.07, 6.45) is -1.24. The van der Waals surface area contributed by atoms with Crippen LogP contribution < -0.4 is 10.5 Å². The van der Waals surface area contributed by atoms with Gasteiger partial charge in [-0.05, 0) is 36.8 Å². The van der Waals surface area contributed by atoms with Gasteiger partial charge in [0.2, 0.25) is 0 Å². The molecule has 0 N–H and O–H groups in total. The third-order valence-corrected chi connectivity index (χ3v) is 4.83. The van der Waals surface area contributed by atoms with E-state index in [1.807, 2.05) is 18.7 Å². The lowest BCUT2D eigenvalue weighted by atomic mass is 9.96. The first-order valence-corrected chi connectivity index (χ1v) is 8.96. The second-order valence-corrected chi connectivity index (χ2v) is 7.16. The van der Waals surface area contributed by atoms with Gasteiger partial charge in [0, 0.05) is 25.7 Å². The van der Waals surface area contributed by atoms with E-state index in [2.05, 4.69) is 15.2 Å². The molecular weight excluding hydrogens is 359 g/mol. The Kier molecular flexibility index (Phi) is 5.48. The highest BCUT2D eigenvalue weighted by atomic mass is 19.4. The van der Waals surface area contributed by atoms with E-state index >= 15 is 0 Å². The van der Waals surface area contributed by atoms with Gasteiger partial charge in [-0.3, -0.25) is 9.36 Å². The summed E-state index contributed by atoms with van der Waals surface area (Å²) >= 11 is 0. The highest BCUT2D eigenvalue weighted by Gasteiger charge is 2.33. The Morgan fingerprint density at radius 2 is 1.89 bits per heavy atom. The molecule has 0 atom stereocenters. The van der Waals surface area contributed by atoms with Crippen LogP contribution in [0.4, 0.5) is 19.0 Å². The number of halogens is 3. The van der Waals surface area contributed by atoms with Crippen LogP contribution in [0.2, 0.25) is 0 Å². The molecule has 146 valence electrons. The Bertz CT molecular complexity index is 824. The molecule has 27 heavy (non-hydrogen) atoms. The van der Waals surface area contributed by atoms with Crippen molar-refractivity contribution in [3.63, 3.8) is 0 Å². The number of anilines is 1. The van der Waals surface area contributed by atoms with E-state index in [-0.39, 0.29) is 11.5 Å². The van der Waals surface area contributed by atoms with Crippen LogP contribution in [-0.4, -0.2) is 32.8 Å². The molecule has 3 rings (SSSR count). The Hall–Kier alpha value is -2.45. The lowest BCUT2D eigenvalue weighted by Gasteiger charge is -2.32. The maximum absolute atomic E-state index is 12.6. The standard InChI is InChI=1S/C18H22F3N5O/c1-12(2)14-9-17(27)26(11-22-14)10-13-5-7-25(8-6-13)16-4-3-15(23-24-16)18(19,20)21/h3-4,9,11-13H,5-8,10H2,1-2H3. The lowest BCUT2D eigenvalue weighted by Crippen LogP contribution is -2.37. The third-order valence-electron chi connectivity index (χ3n) is 4.83. The van der Waals surface area contributed by atoms with E-state index in [0.29, 0.717) is 31.4 Å².